The molecule has 0 bridgehead atoms. The standard InChI is InChI=1S/C13H15NO/c1-9-4-5-10-3-2-8-14-12(15)7-6-11(9)13(10)14/h5-7,9H,2-4,8H2,1H3. The van der Waals surface area contributed by atoms with Gasteiger partial charge in [-0.25, -0.2) is 0 Å². The van der Waals surface area contributed by atoms with Crippen molar-refractivity contribution in [1.82, 2.24) is 4.57 Å². The van der Waals surface area contributed by atoms with Gasteiger partial charge in [-0.2, -0.15) is 0 Å². The van der Waals surface area contributed by atoms with E-state index >= 15 is 0 Å². The first-order valence-corrected chi connectivity index (χ1v) is 5.70. The Morgan fingerprint density at radius 3 is 3.13 bits per heavy atom. The van der Waals surface area contributed by atoms with Crippen LogP contribution in [0.1, 0.15) is 43.4 Å². The lowest BCUT2D eigenvalue weighted by atomic mass is 9.84. The molecule has 1 atom stereocenters. The zero-order valence-corrected chi connectivity index (χ0v) is 8.99. The van der Waals surface area contributed by atoms with E-state index in [1.165, 1.54) is 16.8 Å². The van der Waals surface area contributed by atoms with E-state index in [-0.39, 0.29) is 5.56 Å². The molecule has 1 unspecified atom stereocenters. The number of hydrogen-bond acceptors (Lipinski definition) is 1. The summed E-state index contributed by atoms with van der Waals surface area (Å²) in [7, 11) is 0. The topological polar surface area (TPSA) is 22.0 Å². The first-order valence-electron chi connectivity index (χ1n) is 5.70. The van der Waals surface area contributed by atoms with Crippen molar-refractivity contribution in [2.24, 2.45) is 0 Å². The average molecular weight is 201 g/mol. The van der Waals surface area contributed by atoms with Crippen LogP contribution in [-0.4, -0.2) is 4.57 Å². The lowest BCUT2D eigenvalue weighted by molar-refractivity contribution is 0.573. The average Bonchev–Trinajstić information content (AvgIpc) is 2.26. The quantitative estimate of drug-likeness (QED) is 0.632. The molecule has 1 aromatic rings. The van der Waals surface area contributed by atoms with E-state index in [9.17, 15) is 4.79 Å². The van der Waals surface area contributed by atoms with E-state index in [0.29, 0.717) is 5.92 Å². The van der Waals surface area contributed by atoms with Crippen molar-refractivity contribution in [1.29, 1.82) is 0 Å². The second kappa shape index (κ2) is 3.09. The van der Waals surface area contributed by atoms with Gasteiger partial charge in [0.2, 0.25) is 0 Å². The number of hydrogen-bond donors (Lipinski definition) is 0. The Bertz CT molecular complexity index is 496. The SMILES string of the molecule is CC1CC=C2CCCn3c2c1ccc3=O. The molecule has 3 rings (SSSR count). The lowest BCUT2D eigenvalue weighted by Crippen LogP contribution is -2.28. The Morgan fingerprint density at radius 2 is 2.27 bits per heavy atom. The van der Waals surface area contributed by atoms with E-state index in [0.717, 1.165) is 25.8 Å². The van der Waals surface area contributed by atoms with Gasteiger partial charge in [-0.05, 0) is 36.3 Å². The highest BCUT2D eigenvalue weighted by Crippen LogP contribution is 2.37. The van der Waals surface area contributed by atoms with Crippen molar-refractivity contribution in [2.45, 2.75) is 38.6 Å². The molecule has 0 aromatic carbocycles. The summed E-state index contributed by atoms with van der Waals surface area (Å²) in [6, 6.07) is 3.75. The summed E-state index contributed by atoms with van der Waals surface area (Å²) in [5, 5.41) is 0. The van der Waals surface area contributed by atoms with Gasteiger partial charge in [0.15, 0.2) is 0 Å². The van der Waals surface area contributed by atoms with Gasteiger partial charge in [0, 0.05) is 12.6 Å². The minimum atomic E-state index is 0.161. The molecule has 0 saturated carbocycles. The summed E-state index contributed by atoms with van der Waals surface area (Å²) in [6.45, 7) is 3.13. The molecule has 0 spiro atoms. The van der Waals surface area contributed by atoms with E-state index in [2.05, 4.69) is 13.0 Å². The highest BCUT2D eigenvalue weighted by molar-refractivity contribution is 5.69. The van der Waals surface area contributed by atoms with Crippen LogP contribution in [0.5, 0.6) is 0 Å². The second-order valence-electron chi connectivity index (χ2n) is 4.60. The van der Waals surface area contributed by atoms with Crippen LogP contribution in [0.25, 0.3) is 5.57 Å². The molecular formula is C13H15NO. The van der Waals surface area contributed by atoms with Crippen molar-refractivity contribution in [2.75, 3.05) is 0 Å². The molecule has 0 N–H and O–H groups in total. The Labute approximate surface area is 89.2 Å². The minimum Gasteiger partial charge on any atom is -0.308 e. The number of pyridine rings is 1. The third kappa shape index (κ3) is 1.21. The summed E-state index contributed by atoms with van der Waals surface area (Å²) < 4.78 is 1.96. The second-order valence-corrected chi connectivity index (χ2v) is 4.60. The largest absolute Gasteiger partial charge is 0.308 e. The predicted molar refractivity (Wildman–Crippen MR) is 60.9 cm³/mol. The van der Waals surface area contributed by atoms with Gasteiger partial charge in [0.05, 0.1) is 5.69 Å². The molecule has 0 amide bonds. The Morgan fingerprint density at radius 1 is 1.40 bits per heavy atom. The molecule has 78 valence electrons. The molecule has 0 saturated heterocycles. The molecule has 1 aromatic heterocycles. The third-order valence-electron chi connectivity index (χ3n) is 3.60. The monoisotopic (exact) mass is 201 g/mol. The molecule has 2 heterocycles. The van der Waals surface area contributed by atoms with Crippen LogP contribution < -0.4 is 5.56 Å². The summed E-state index contributed by atoms with van der Waals surface area (Å²) in [5.74, 6) is 0.564. The van der Waals surface area contributed by atoms with Crippen LogP contribution >= 0.6 is 0 Å². The van der Waals surface area contributed by atoms with Crippen LogP contribution in [-0.2, 0) is 6.54 Å². The number of nitrogens with zero attached hydrogens (tertiary/aromatic N) is 1. The summed E-state index contributed by atoms with van der Waals surface area (Å²) in [6.07, 6.45) is 5.70. The maximum atomic E-state index is 11.7. The van der Waals surface area contributed by atoms with Crippen LogP contribution in [0.3, 0.4) is 0 Å². The van der Waals surface area contributed by atoms with Crippen LogP contribution in [0.4, 0.5) is 0 Å². The van der Waals surface area contributed by atoms with Crippen molar-refractivity contribution in [3.05, 3.63) is 39.8 Å². The van der Waals surface area contributed by atoms with Crippen molar-refractivity contribution in [3.8, 4) is 0 Å². The Kier molecular flexibility index (Phi) is 1.84. The van der Waals surface area contributed by atoms with Gasteiger partial charge in [0.1, 0.15) is 0 Å². The fourth-order valence-corrected chi connectivity index (χ4v) is 2.77. The normalized spacial score (nSPS) is 23.3. The van der Waals surface area contributed by atoms with Gasteiger partial charge >= 0.3 is 0 Å². The van der Waals surface area contributed by atoms with Gasteiger partial charge in [-0.3, -0.25) is 4.79 Å². The molecule has 15 heavy (non-hydrogen) atoms. The molecule has 1 aliphatic carbocycles. The Hall–Kier alpha value is -1.31. The first kappa shape index (κ1) is 8.96. The molecule has 2 nitrogen and oxygen atoms in total. The molecule has 2 aliphatic rings. The number of aromatic nitrogens is 1. The Balaban J connectivity index is 2.35. The van der Waals surface area contributed by atoms with Crippen LogP contribution in [0, 0.1) is 0 Å². The molecule has 1 aliphatic heterocycles. The highest BCUT2D eigenvalue weighted by atomic mass is 16.1. The van der Waals surface area contributed by atoms with Gasteiger partial charge in [0.25, 0.3) is 5.56 Å². The fourth-order valence-electron chi connectivity index (χ4n) is 2.77. The molecule has 0 fully saturated rings. The van der Waals surface area contributed by atoms with Gasteiger partial charge in [-0.15, -0.1) is 0 Å². The third-order valence-corrected chi connectivity index (χ3v) is 3.60. The summed E-state index contributed by atoms with van der Waals surface area (Å²) in [4.78, 5) is 11.7. The molecule has 2 heteroatoms. The number of rotatable bonds is 0. The highest BCUT2D eigenvalue weighted by Gasteiger charge is 2.24. The zero-order chi connectivity index (χ0) is 10.4. The smallest absolute Gasteiger partial charge is 0.250 e. The van der Waals surface area contributed by atoms with Gasteiger partial charge < -0.3 is 4.57 Å². The maximum Gasteiger partial charge on any atom is 0.250 e. The van der Waals surface area contributed by atoms with Crippen molar-refractivity contribution >= 4 is 5.57 Å². The fraction of sp³-hybridized carbons (Fsp3) is 0.462. The predicted octanol–water partition coefficient (Wildman–Crippen LogP) is 2.53. The van der Waals surface area contributed by atoms with Crippen molar-refractivity contribution in [3.63, 3.8) is 0 Å². The minimum absolute atomic E-state index is 0.161. The van der Waals surface area contributed by atoms with Gasteiger partial charge in [-0.1, -0.05) is 19.1 Å². The van der Waals surface area contributed by atoms with E-state index in [4.69, 9.17) is 0 Å². The molecular weight excluding hydrogens is 186 g/mol. The zero-order valence-electron chi connectivity index (χ0n) is 8.99. The summed E-state index contributed by atoms with van der Waals surface area (Å²) in [5.41, 5.74) is 4.15. The van der Waals surface area contributed by atoms with E-state index in [1.807, 2.05) is 10.6 Å². The van der Waals surface area contributed by atoms with E-state index in [1.54, 1.807) is 6.07 Å². The van der Waals surface area contributed by atoms with Crippen molar-refractivity contribution < 1.29 is 0 Å². The molecule has 0 radical (unpaired) electrons. The first-order chi connectivity index (χ1) is 7.27. The van der Waals surface area contributed by atoms with Crippen LogP contribution in [0.15, 0.2) is 23.0 Å². The number of allylic oxidation sites excluding steroid dienone is 2. The van der Waals surface area contributed by atoms with E-state index < -0.39 is 0 Å². The lowest BCUT2D eigenvalue weighted by Gasteiger charge is -2.29. The maximum absolute atomic E-state index is 11.7. The summed E-state index contributed by atoms with van der Waals surface area (Å²) >= 11 is 0. The van der Waals surface area contributed by atoms with Crippen LogP contribution in [0.2, 0.25) is 0 Å².